The summed E-state index contributed by atoms with van der Waals surface area (Å²) < 4.78 is 0. The Labute approximate surface area is 213 Å². The third kappa shape index (κ3) is 40.3. The van der Waals surface area contributed by atoms with E-state index in [-0.39, 0.29) is 34.7 Å². The van der Waals surface area contributed by atoms with Crippen LogP contribution in [0.2, 0.25) is 0 Å². The summed E-state index contributed by atoms with van der Waals surface area (Å²) in [4.78, 5) is 61.9. The van der Waals surface area contributed by atoms with Crippen LogP contribution >= 0.6 is 0 Å². The molecule has 0 N–H and O–H groups in total. The van der Waals surface area contributed by atoms with Crippen molar-refractivity contribution in [2.24, 2.45) is 0 Å². The summed E-state index contributed by atoms with van der Waals surface area (Å²) in [5.41, 5.74) is 0. The number of rotatable bonds is 18. The van der Waals surface area contributed by atoms with Gasteiger partial charge >= 0.3 is 17.4 Å². The van der Waals surface area contributed by atoms with Gasteiger partial charge in [0.25, 0.3) is 0 Å². The van der Waals surface area contributed by atoms with Crippen LogP contribution in [0.4, 0.5) is 0 Å². The molecule has 0 bridgehead atoms. The summed E-state index contributed by atoms with van der Waals surface area (Å²) in [6, 6.07) is 0. The first-order valence-electron chi connectivity index (χ1n) is 11.6. The maximum absolute atomic E-state index is 10.7. The molecule has 0 aromatic rings. The van der Waals surface area contributed by atoms with Crippen LogP contribution in [0.25, 0.3) is 0 Å². The van der Waals surface area contributed by atoms with E-state index < -0.39 is 37.2 Å². The fourth-order valence-corrected chi connectivity index (χ4v) is 2.46. The minimum atomic E-state index is -1.27. The number of carbonyl (C=O) groups is 6. The third-order valence-electron chi connectivity index (χ3n) is 4.20. The molecule has 0 unspecified atom stereocenters. The zero-order chi connectivity index (χ0) is 26.1. The molecule has 0 fully saturated rings. The molecule has 10 heteroatoms. The number of carboxylic acid groups (broad SMARTS) is 3. The average Bonchev–Trinajstić information content (AvgIpc) is 2.68. The Morgan fingerprint density at radius 3 is 0.794 bits per heavy atom. The van der Waals surface area contributed by atoms with Gasteiger partial charge in [-0.1, -0.05) is 59.3 Å². The van der Waals surface area contributed by atoms with Crippen molar-refractivity contribution >= 4 is 52.6 Å². The van der Waals surface area contributed by atoms with Crippen molar-refractivity contribution < 1.29 is 44.1 Å². The summed E-state index contributed by atoms with van der Waals surface area (Å²) in [7, 11) is 0. The van der Waals surface area contributed by atoms with Crippen LogP contribution in [0.1, 0.15) is 117 Å². The predicted octanol–water partition coefficient (Wildman–Crippen LogP) is 0.447. The first-order valence-corrected chi connectivity index (χ1v) is 11.6. The van der Waals surface area contributed by atoms with Gasteiger partial charge in [-0.15, -0.1) is 0 Å². The molecule has 0 atom stereocenters. The van der Waals surface area contributed by atoms with Crippen molar-refractivity contribution in [3.8, 4) is 0 Å². The Morgan fingerprint density at radius 2 is 0.647 bits per heavy atom. The number of ketones is 3. The van der Waals surface area contributed by atoms with Crippen molar-refractivity contribution in [2.75, 3.05) is 0 Å². The molecule has 0 aliphatic heterocycles. The van der Waals surface area contributed by atoms with Gasteiger partial charge in [0.2, 0.25) is 0 Å². The van der Waals surface area contributed by atoms with Crippen molar-refractivity contribution in [1.82, 2.24) is 0 Å². The Morgan fingerprint density at radius 1 is 0.441 bits per heavy atom. The van der Waals surface area contributed by atoms with E-state index in [1.54, 1.807) is 0 Å². The van der Waals surface area contributed by atoms with Crippen LogP contribution in [0, 0.1) is 0 Å². The Hall–Kier alpha value is -2.05. The standard InChI is InChI=1S/3C8H14O3.Al/c3*1-2-3-4-5-7(9)6-8(10)11;/h3*2-6H2,1H3,(H,10,11);/q;;;+3/p-3. The molecule has 0 radical (unpaired) electrons. The Balaban J connectivity index is -0.000000196. The second-order valence-electron chi connectivity index (χ2n) is 7.63. The summed E-state index contributed by atoms with van der Waals surface area (Å²) in [5, 5.41) is 29.7. The fourth-order valence-electron chi connectivity index (χ4n) is 2.46. The molecule has 0 aliphatic carbocycles. The quantitative estimate of drug-likeness (QED) is 0.148. The molecule has 0 aromatic heterocycles. The molecule has 0 aliphatic rings. The van der Waals surface area contributed by atoms with Gasteiger partial charge in [0.05, 0.1) is 0 Å². The van der Waals surface area contributed by atoms with E-state index in [0.29, 0.717) is 19.3 Å². The largest absolute Gasteiger partial charge is 3.00 e. The molecular weight excluding hydrogens is 459 g/mol. The monoisotopic (exact) mass is 498 g/mol. The molecular formula is C24H39AlO9. The SMILES string of the molecule is CCCCCC(=O)CC(=O)[O-].CCCCCC(=O)CC(=O)[O-].CCCCCC(=O)CC(=O)[O-].[Al+3]. The van der Waals surface area contributed by atoms with Crippen LogP contribution in [0.15, 0.2) is 0 Å². The summed E-state index contributed by atoms with van der Waals surface area (Å²) >= 11 is 0. The number of hydrogen-bond acceptors (Lipinski definition) is 9. The minimum Gasteiger partial charge on any atom is -0.550 e. The van der Waals surface area contributed by atoms with Gasteiger partial charge in [0.15, 0.2) is 0 Å². The number of unbranched alkanes of at least 4 members (excludes halogenated alkanes) is 6. The number of aliphatic carboxylic acids is 3. The van der Waals surface area contributed by atoms with Crippen LogP contribution in [0.5, 0.6) is 0 Å². The van der Waals surface area contributed by atoms with E-state index in [1.807, 2.05) is 20.8 Å². The van der Waals surface area contributed by atoms with Gasteiger partial charge in [-0.2, -0.15) is 0 Å². The second kappa shape index (κ2) is 29.0. The topological polar surface area (TPSA) is 172 Å². The number of hydrogen-bond donors (Lipinski definition) is 0. The molecule has 192 valence electrons. The van der Waals surface area contributed by atoms with Crippen LogP contribution in [-0.4, -0.2) is 52.6 Å². The molecule has 0 amide bonds. The van der Waals surface area contributed by atoms with Gasteiger partial charge in [-0.05, 0) is 19.3 Å². The van der Waals surface area contributed by atoms with Gasteiger partial charge in [0.1, 0.15) is 17.3 Å². The van der Waals surface area contributed by atoms with E-state index in [2.05, 4.69) is 0 Å². The molecule has 0 saturated heterocycles. The van der Waals surface area contributed by atoms with Crippen molar-refractivity contribution in [3.05, 3.63) is 0 Å². The van der Waals surface area contributed by atoms with Crippen LogP contribution < -0.4 is 15.3 Å². The Bertz CT molecular complexity index is 508. The third-order valence-corrected chi connectivity index (χ3v) is 4.20. The van der Waals surface area contributed by atoms with E-state index >= 15 is 0 Å². The minimum absolute atomic E-state index is 0. The normalized spacial score (nSPS) is 9.26. The molecule has 0 aromatic carbocycles. The number of Topliss-reactive ketones (excluding diaryl/α,β-unsaturated/α-hetero) is 3. The molecule has 0 spiro atoms. The number of carboxylic acids is 3. The van der Waals surface area contributed by atoms with Crippen molar-refractivity contribution in [3.63, 3.8) is 0 Å². The van der Waals surface area contributed by atoms with Crippen LogP contribution in [0.3, 0.4) is 0 Å². The predicted molar refractivity (Wildman–Crippen MR) is 122 cm³/mol. The van der Waals surface area contributed by atoms with Gasteiger partial charge < -0.3 is 29.7 Å². The molecule has 0 saturated carbocycles. The molecule has 9 nitrogen and oxygen atoms in total. The van der Waals surface area contributed by atoms with Crippen molar-refractivity contribution in [1.29, 1.82) is 0 Å². The molecule has 0 heterocycles. The first kappa shape index (κ1) is 39.2. The van der Waals surface area contributed by atoms with E-state index in [4.69, 9.17) is 0 Å². The number of carbonyl (C=O) groups excluding carboxylic acids is 6. The maximum Gasteiger partial charge on any atom is 3.00 e. The smallest absolute Gasteiger partial charge is 0.550 e. The van der Waals surface area contributed by atoms with Crippen LogP contribution in [-0.2, 0) is 28.8 Å². The summed E-state index contributed by atoms with van der Waals surface area (Å²) in [6.07, 6.45) is 8.31. The van der Waals surface area contributed by atoms with Crippen molar-refractivity contribution in [2.45, 2.75) is 117 Å². The summed E-state index contributed by atoms with van der Waals surface area (Å²) in [5.74, 6) is -4.49. The first-order chi connectivity index (χ1) is 15.5. The average molecular weight is 499 g/mol. The second-order valence-corrected chi connectivity index (χ2v) is 7.63. The maximum atomic E-state index is 10.7. The summed E-state index contributed by atoms with van der Waals surface area (Å²) in [6.45, 7) is 6.09. The van der Waals surface area contributed by atoms with E-state index in [1.165, 1.54) is 0 Å². The van der Waals surface area contributed by atoms with E-state index in [0.717, 1.165) is 57.8 Å². The zero-order valence-electron chi connectivity index (χ0n) is 20.9. The fraction of sp³-hybridized carbons (Fsp3) is 0.750. The van der Waals surface area contributed by atoms with Gasteiger partial charge in [-0.25, -0.2) is 0 Å². The molecule has 0 rings (SSSR count). The zero-order valence-corrected chi connectivity index (χ0v) is 22.0. The van der Waals surface area contributed by atoms with Gasteiger partial charge in [-0.3, -0.25) is 14.4 Å². The van der Waals surface area contributed by atoms with Gasteiger partial charge in [0, 0.05) is 56.4 Å². The Kier molecular flexibility index (Phi) is 33.4. The molecule has 34 heavy (non-hydrogen) atoms. The van der Waals surface area contributed by atoms with E-state index in [9.17, 15) is 44.1 Å².